The van der Waals surface area contributed by atoms with Crippen molar-refractivity contribution in [2.75, 3.05) is 0 Å². The van der Waals surface area contributed by atoms with Crippen LogP contribution in [0, 0.1) is 0 Å². The maximum absolute atomic E-state index is 6.34. The number of rotatable bonds is 3. The molecular weight excluding hydrogens is 270 g/mol. The zero-order chi connectivity index (χ0) is 13.9. The highest BCUT2D eigenvalue weighted by Gasteiger charge is 2.14. The van der Waals surface area contributed by atoms with Gasteiger partial charge in [-0.15, -0.1) is 0 Å². The summed E-state index contributed by atoms with van der Waals surface area (Å²) in [7, 11) is 0. The second-order valence-electron chi connectivity index (χ2n) is 4.56. The van der Waals surface area contributed by atoms with E-state index in [9.17, 15) is 0 Å². The zero-order valence-corrected chi connectivity index (χ0v) is 11.5. The number of benzene rings is 2. The van der Waals surface area contributed by atoms with E-state index in [0.717, 1.165) is 16.9 Å². The molecule has 0 bridgehead atoms. The van der Waals surface area contributed by atoms with Gasteiger partial charge in [-0.1, -0.05) is 48.0 Å². The Kier molecular flexibility index (Phi) is 3.54. The summed E-state index contributed by atoms with van der Waals surface area (Å²) in [5.41, 5.74) is 9.28. The third kappa shape index (κ3) is 2.46. The number of hydrogen-bond acceptors (Lipinski definition) is 2. The van der Waals surface area contributed by atoms with Crippen molar-refractivity contribution in [2.45, 2.75) is 6.04 Å². The van der Waals surface area contributed by atoms with E-state index in [-0.39, 0.29) is 6.04 Å². The molecule has 0 aliphatic rings. The van der Waals surface area contributed by atoms with Crippen LogP contribution in [-0.2, 0) is 0 Å². The molecule has 0 saturated heterocycles. The fourth-order valence-electron chi connectivity index (χ4n) is 2.21. The van der Waals surface area contributed by atoms with Gasteiger partial charge in [0.05, 0.1) is 24.3 Å². The molecule has 0 aliphatic carbocycles. The Balaban J connectivity index is 2.03. The minimum Gasteiger partial charge on any atom is -0.319 e. The first-order valence-electron chi connectivity index (χ1n) is 6.34. The van der Waals surface area contributed by atoms with Crippen LogP contribution in [0.2, 0.25) is 5.02 Å². The lowest BCUT2D eigenvalue weighted by molar-refractivity contribution is 0.793. The van der Waals surface area contributed by atoms with E-state index in [2.05, 4.69) is 4.98 Å². The van der Waals surface area contributed by atoms with Gasteiger partial charge in [0.1, 0.15) is 0 Å². The highest BCUT2D eigenvalue weighted by molar-refractivity contribution is 6.30. The number of aromatic nitrogens is 2. The second kappa shape index (κ2) is 5.49. The third-order valence-electron chi connectivity index (χ3n) is 3.23. The number of imidazole rings is 1. The fourth-order valence-corrected chi connectivity index (χ4v) is 2.39. The average molecular weight is 284 g/mol. The third-order valence-corrected chi connectivity index (χ3v) is 3.47. The molecule has 3 nitrogen and oxygen atoms in total. The van der Waals surface area contributed by atoms with Crippen molar-refractivity contribution in [3.05, 3.63) is 83.4 Å². The average Bonchev–Trinajstić information content (AvgIpc) is 2.97. The molecule has 0 amide bonds. The molecule has 0 saturated carbocycles. The van der Waals surface area contributed by atoms with Crippen molar-refractivity contribution in [3.63, 3.8) is 0 Å². The van der Waals surface area contributed by atoms with E-state index in [1.54, 1.807) is 12.5 Å². The molecule has 2 aromatic carbocycles. The number of nitrogens with zero attached hydrogens (tertiary/aromatic N) is 2. The molecule has 1 aromatic heterocycles. The molecule has 1 unspecified atom stereocenters. The van der Waals surface area contributed by atoms with Gasteiger partial charge in [-0.05, 0) is 23.8 Å². The first-order chi connectivity index (χ1) is 9.75. The number of halogens is 1. The van der Waals surface area contributed by atoms with Crippen LogP contribution in [0.25, 0.3) is 5.69 Å². The first kappa shape index (κ1) is 12.9. The van der Waals surface area contributed by atoms with Crippen LogP contribution in [0.15, 0.2) is 67.1 Å². The Bertz CT molecular complexity index is 707. The highest BCUT2D eigenvalue weighted by atomic mass is 35.5. The van der Waals surface area contributed by atoms with E-state index < -0.39 is 0 Å². The van der Waals surface area contributed by atoms with Crippen molar-refractivity contribution in [3.8, 4) is 5.69 Å². The van der Waals surface area contributed by atoms with Crippen molar-refractivity contribution in [1.29, 1.82) is 0 Å². The van der Waals surface area contributed by atoms with Gasteiger partial charge >= 0.3 is 0 Å². The summed E-state index contributed by atoms with van der Waals surface area (Å²) in [5.74, 6) is 0. The lowest BCUT2D eigenvalue weighted by Crippen LogP contribution is -2.15. The van der Waals surface area contributed by atoms with Crippen LogP contribution in [-0.4, -0.2) is 9.55 Å². The quantitative estimate of drug-likeness (QED) is 0.798. The predicted octanol–water partition coefficient (Wildman–Crippen LogP) is 3.57. The predicted molar refractivity (Wildman–Crippen MR) is 81.0 cm³/mol. The summed E-state index contributed by atoms with van der Waals surface area (Å²) in [6.45, 7) is 0. The van der Waals surface area contributed by atoms with Crippen LogP contribution in [0.1, 0.15) is 17.3 Å². The molecule has 20 heavy (non-hydrogen) atoms. The van der Waals surface area contributed by atoms with E-state index in [4.69, 9.17) is 17.3 Å². The summed E-state index contributed by atoms with van der Waals surface area (Å²) in [6, 6.07) is 17.4. The van der Waals surface area contributed by atoms with Crippen molar-refractivity contribution in [2.24, 2.45) is 5.73 Å². The molecule has 0 aliphatic heterocycles. The van der Waals surface area contributed by atoms with Crippen molar-refractivity contribution >= 4 is 11.6 Å². The zero-order valence-electron chi connectivity index (χ0n) is 10.8. The smallest absolute Gasteiger partial charge is 0.0994 e. The van der Waals surface area contributed by atoms with Crippen LogP contribution >= 0.6 is 11.6 Å². The maximum Gasteiger partial charge on any atom is 0.0994 e. The fraction of sp³-hybridized carbons (Fsp3) is 0.0625. The number of hydrogen-bond donors (Lipinski definition) is 1. The summed E-state index contributed by atoms with van der Waals surface area (Å²) < 4.78 is 1.96. The number of nitrogens with two attached hydrogens (primary N) is 1. The van der Waals surface area contributed by atoms with Gasteiger partial charge in [0.15, 0.2) is 0 Å². The molecular formula is C16H14ClN3. The Morgan fingerprint density at radius 3 is 2.60 bits per heavy atom. The van der Waals surface area contributed by atoms with Gasteiger partial charge < -0.3 is 10.3 Å². The maximum atomic E-state index is 6.34. The van der Waals surface area contributed by atoms with Crippen LogP contribution in [0.5, 0.6) is 0 Å². The largest absolute Gasteiger partial charge is 0.319 e. The Labute approximate surface area is 122 Å². The summed E-state index contributed by atoms with van der Waals surface area (Å²) in [6.07, 6.45) is 3.54. The monoisotopic (exact) mass is 283 g/mol. The van der Waals surface area contributed by atoms with Gasteiger partial charge in [-0.3, -0.25) is 0 Å². The second-order valence-corrected chi connectivity index (χ2v) is 4.99. The minimum atomic E-state index is -0.224. The molecule has 0 fully saturated rings. The molecule has 1 atom stereocenters. The van der Waals surface area contributed by atoms with Crippen molar-refractivity contribution in [1.82, 2.24) is 9.55 Å². The topological polar surface area (TPSA) is 43.8 Å². The van der Waals surface area contributed by atoms with E-state index in [0.29, 0.717) is 5.02 Å². The van der Waals surface area contributed by atoms with Crippen molar-refractivity contribution < 1.29 is 0 Å². The Hall–Kier alpha value is -2.10. The summed E-state index contributed by atoms with van der Waals surface area (Å²) >= 11 is 6.05. The Morgan fingerprint density at radius 2 is 1.85 bits per heavy atom. The van der Waals surface area contributed by atoms with E-state index in [1.807, 2.05) is 59.2 Å². The molecule has 100 valence electrons. The molecule has 3 rings (SSSR count). The standard InChI is InChI=1S/C16H14ClN3/c17-13-7-4-8-14(9-13)20-11-19-10-15(20)16(18)12-5-2-1-3-6-12/h1-11,16H,18H2. The van der Waals surface area contributed by atoms with Crippen LogP contribution in [0.4, 0.5) is 0 Å². The molecule has 1 heterocycles. The summed E-state index contributed by atoms with van der Waals surface area (Å²) in [5, 5.41) is 0.690. The Morgan fingerprint density at radius 1 is 1.05 bits per heavy atom. The lowest BCUT2D eigenvalue weighted by atomic mass is 10.1. The molecule has 4 heteroatoms. The molecule has 3 aromatic rings. The SMILES string of the molecule is NC(c1ccccc1)c1cncn1-c1cccc(Cl)c1. The van der Waals surface area contributed by atoms with E-state index in [1.165, 1.54) is 0 Å². The van der Waals surface area contributed by atoms with E-state index >= 15 is 0 Å². The van der Waals surface area contributed by atoms with Gasteiger partial charge in [0.25, 0.3) is 0 Å². The molecule has 0 spiro atoms. The molecule has 0 radical (unpaired) electrons. The van der Waals surface area contributed by atoms with Crippen LogP contribution < -0.4 is 5.73 Å². The summed E-state index contributed by atoms with van der Waals surface area (Å²) in [4.78, 5) is 4.21. The van der Waals surface area contributed by atoms with Crippen LogP contribution in [0.3, 0.4) is 0 Å². The minimum absolute atomic E-state index is 0.224. The first-order valence-corrected chi connectivity index (χ1v) is 6.72. The molecule has 2 N–H and O–H groups in total. The van der Waals surface area contributed by atoms with Gasteiger partial charge in [0.2, 0.25) is 0 Å². The van der Waals surface area contributed by atoms with Gasteiger partial charge in [-0.2, -0.15) is 0 Å². The highest BCUT2D eigenvalue weighted by Crippen LogP contribution is 2.23. The van der Waals surface area contributed by atoms with Gasteiger partial charge in [-0.25, -0.2) is 4.98 Å². The lowest BCUT2D eigenvalue weighted by Gasteiger charge is -2.15. The van der Waals surface area contributed by atoms with Gasteiger partial charge in [0, 0.05) is 10.7 Å². The normalized spacial score (nSPS) is 12.3.